The molecule has 2 unspecified atom stereocenters. The number of hydrogen-bond donors (Lipinski definition) is 3. The molecular formula is C30H28ClNO3. The van der Waals surface area contributed by atoms with Gasteiger partial charge in [0.1, 0.15) is 11.5 Å². The normalized spacial score (nSPS) is 22.0. The predicted octanol–water partition coefficient (Wildman–Crippen LogP) is 6.00. The fraction of sp³-hybridized carbons (Fsp3) is 0.300. The van der Waals surface area contributed by atoms with Gasteiger partial charge >= 0.3 is 0 Å². The Balaban J connectivity index is 1.53. The summed E-state index contributed by atoms with van der Waals surface area (Å²) in [5.41, 5.74) is 6.73. The number of rotatable bonds is 5. The zero-order chi connectivity index (χ0) is 24.2. The molecule has 1 heterocycles. The molecule has 178 valence electrons. The van der Waals surface area contributed by atoms with E-state index in [1.807, 2.05) is 24.3 Å². The van der Waals surface area contributed by atoms with Crippen molar-refractivity contribution in [3.05, 3.63) is 93.6 Å². The number of phenolic OH excluding ortho intramolecular Hbond substituents is 2. The van der Waals surface area contributed by atoms with Gasteiger partial charge in [-0.3, -0.25) is 4.79 Å². The quantitative estimate of drug-likeness (QED) is 0.306. The Labute approximate surface area is 210 Å². The molecule has 1 aliphatic heterocycles. The maximum Gasteiger partial charge on any atom is 0.233 e. The molecule has 0 radical (unpaired) electrons. The van der Waals surface area contributed by atoms with Crippen molar-refractivity contribution in [3.8, 4) is 11.5 Å². The van der Waals surface area contributed by atoms with E-state index in [4.69, 9.17) is 11.6 Å². The third-order valence-corrected chi connectivity index (χ3v) is 8.22. The number of phenols is 2. The monoisotopic (exact) mass is 485 g/mol. The van der Waals surface area contributed by atoms with E-state index in [1.165, 1.54) is 0 Å². The molecule has 0 saturated heterocycles. The van der Waals surface area contributed by atoms with Crippen LogP contribution < -0.4 is 5.32 Å². The summed E-state index contributed by atoms with van der Waals surface area (Å²) in [5.74, 6) is 0.514. The highest BCUT2D eigenvalue weighted by Crippen LogP contribution is 2.54. The van der Waals surface area contributed by atoms with Crippen LogP contribution in [-0.2, 0) is 35.9 Å². The Bertz CT molecular complexity index is 1380. The number of carbonyl (C=O) groups excluding carboxylic acids is 1. The minimum atomic E-state index is -0.696. The number of benzene rings is 3. The molecule has 6 rings (SSSR count). The minimum Gasteiger partial charge on any atom is -0.508 e. The van der Waals surface area contributed by atoms with Gasteiger partial charge in [0.2, 0.25) is 5.91 Å². The first-order valence-electron chi connectivity index (χ1n) is 12.4. The van der Waals surface area contributed by atoms with Gasteiger partial charge < -0.3 is 15.5 Å². The van der Waals surface area contributed by atoms with E-state index in [9.17, 15) is 15.0 Å². The summed E-state index contributed by atoms with van der Waals surface area (Å²) in [6.45, 7) is 0. The number of carbonyl (C=O) groups is 1. The topological polar surface area (TPSA) is 69.6 Å². The van der Waals surface area contributed by atoms with Crippen LogP contribution in [0.3, 0.4) is 0 Å². The Hall–Kier alpha value is -3.24. The van der Waals surface area contributed by atoms with Crippen LogP contribution in [0.25, 0.3) is 6.08 Å². The molecule has 0 fully saturated rings. The Morgan fingerprint density at radius 3 is 2.66 bits per heavy atom. The molecule has 0 saturated carbocycles. The molecule has 2 atom stereocenters. The largest absolute Gasteiger partial charge is 0.508 e. The molecule has 35 heavy (non-hydrogen) atoms. The van der Waals surface area contributed by atoms with Crippen molar-refractivity contribution in [2.45, 2.75) is 49.9 Å². The number of anilines is 1. The Morgan fingerprint density at radius 1 is 1.03 bits per heavy atom. The average Bonchev–Trinajstić information content (AvgIpc) is 3.40. The predicted molar refractivity (Wildman–Crippen MR) is 140 cm³/mol. The van der Waals surface area contributed by atoms with Gasteiger partial charge in [0.25, 0.3) is 0 Å². The van der Waals surface area contributed by atoms with Crippen LogP contribution in [0.5, 0.6) is 11.5 Å². The van der Waals surface area contributed by atoms with Gasteiger partial charge in [-0.25, -0.2) is 0 Å². The highest BCUT2D eigenvalue weighted by atomic mass is 35.5. The summed E-state index contributed by atoms with van der Waals surface area (Å²) in [6.07, 6.45) is 8.90. The van der Waals surface area contributed by atoms with Crippen molar-refractivity contribution in [1.29, 1.82) is 0 Å². The molecule has 0 bridgehead atoms. The van der Waals surface area contributed by atoms with E-state index in [0.29, 0.717) is 17.9 Å². The molecule has 0 spiro atoms. The first kappa shape index (κ1) is 22.2. The molecule has 1 amide bonds. The summed E-state index contributed by atoms with van der Waals surface area (Å²) < 4.78 is 0. The third kappa shape index (κ3) is 3.46. The number of alkyl halides is 1. The number of halogens is 1. The summed E-state index contributed by atoms with van der Waals surface area (Å²) in [6, 6.07) is 16.0. The molecule has 2 aliphatic carbocycles. The van der Waals surface area contributed by atoms with E-state index >= 15 is 0 Å². The molecule has 0 aromatic heterocycles. The van der Waals surface area contributed by atoms with Crippen LogP contribution in [0.15, 0.2) is 54.6 Å². The highest BCUT2D eigenvalue weighted by molar-refractivity contribution is 6.18. The van der Waals surface area contributed by atoms with Crippen molar-refractivity contribution in [1.82, 2.24) is 0 Å². The second-order valence-corrected chi connectivity index (χ2v) is 10.4. The van der Waals surface area contributed by atoms with Gasteiger partial charge in [0.15, 0.2) is 0 Å². The number of aryl methyl sites for hydroxylation is 1. The smallest absolute Gasteiger partial charge is 0.233 e. The summed E-state index contributed by atoms with van der Waals surface area (Å²) in [7, 11) is 0. The number of allylic oxidation sites excluding steroid dienone is 1. The SMILES string of the molecule is O=C1Nc2ccc(CCCl)cc2C1C1(Cc2cc(O)c3c(c2O)CCCC3)C=Cc2ccccc21. The molecule has 3 aliphatic rings. The van der Waals surface area contributed by atoms with Crippen molar-refractivity contribution in [3.63, 3.8) is 0 Å². The fourth-order valence-electron chi connectivity index (χ4n) is 6.40. The molecule has 4 nitrogen and oxygen atoms in total. The Morgan fingerprint density at radius 2 is 1.83 bits per heavy atom. The van der Waals surface area contributed by atoms with E-state index in [1.54, 1.807) is 6.07 Å². The van der Waals surface area contributed by atoms with E-state index in [-0.39, 0.29) is 17.4 Å². The van der Waals surface area contributed by atoms with Crippen LogP contribution in [0.1, 0.15) is 57.7 Å². The van der Waals surface area contributed by atoms with Crippen molar-refractivity contribution in [2.75, 3.05) is 11.2 Å². The molecule has 3 aromatic rings. The highest BCUT2D eigenvalue weighted by Gasteiger charge is 2.50. The van der Waals surface area contributed by atoms with Gasteiger partial charge in [-0.05, 0) is 78.5 Å². The van der Waals surface area contributed by atoms with E-state index in [0.717, 1.165) is 71.2 Å². The third-order valence-electron chi connectivity index (χ3n) is 8.03. The van der Waals surface area contributed by atoms with Gasteiger partial charge in [-0.15, -0.1) is 11.6 Å². The number of amides is 1. The second kappa shape index (κ2) is 8.46. The molecule has 3 N–H and O–H groups in total. The van der Waals surface area contributed by atoms with Crippen molar-refractivity contribution < 1.29 is 15.0 Å². The zero-order valence-corrected chi connectivity index (χ0v) is 20.2. The maximum absolute atomic E-state index is 13.6. The lowest BCUT2D eigenvalue weighted by atomic mass is 9.65. The number of fused-ring (bicyclic) bond motifs is 3. The lowest BCUT2D eigenvalue weighted by Gasteiger charge is -2.35. The van der Waals surface area contributed by atoms with Gasteiger partial charge in [0, 0.05) is 28.1 Å². The van der Waals surface area contributed by atoms with Crippen LogP contribution in [0, 0.1) is 0 Å². The molecule has 3 aromatic carbocycles. The Kier molecular flexibility index (Phi) is 5.37. The van der Waals surface area contributed by atoms with E-state index < -0.39 is 11.3 Å². The number of nitrogens with one attached hydrogen (secondary N) is 1. The minimum absolute atomic E-state index is 0.0500. The second-order valence-electron chi connectivity index (χ2n) is 9.99. The van der Waals surface area contributed by atoms with Gasteiger partial charge in [0.05, 0.1) is 5.92 Å². The summed E-state index contributed by atoms with van der Waals surface area (Å²) in [5, 5.41) is 25.3. The van der Waals surface area contributed by atoms with E-state index in [2.05, 4.69) is 35.7 Å². The maximum atomic E-state index is 13.6. The van der Waals surface area contributed by atoms with Gasteiger partial charge in [-0.2, -0.15) is 0 Å². The molecular weight excluding hydrogens is 458 g/mol. The van der Waals surface area contributed by atoms with Crippen molar-refractivity contribution in [2.24, 2.45) is 0 Å². The van der Waals surface area contributed by atoms with Gasteiger partial charge in [-0.1, -0.05) is 48.6 Å². The number of hydrogen-bond acceptors (Lipinski definition) is 3. The van der Waals surface area contributed by atoms with Crippen LogP contribution in [0.2, 0.25) is 0 Å². The first-order valence-corrected chi connectivity index (χ1v) is 12.9. The van der Waals surface area contributed by atoms with Crippen LogP contribution in [0.4, 0.5) is 5.69 Å². The van der Waals surface area contributed by atoms with Crippen molar-refractivity contribution >= 4 is 29.3 Å². The standard InChI is InChI=1S/C30H28ClNO3/c31-14-12-18-9-10-25-23(15-18)27(29(35)32-25)30(13-11-19-5-1-4-8-24(19)30)17-20-16-26(33)21-6-2-3-7-22(21)28(20)34/h1,4-5,8-11,13,15-16,27,33-34H,2-3,6-7,12,14,17H2,(H,32,35). The number of aromatic hydroxyl groups is 2. The zero-order valence-electron chi connectivity index (χ0n) is 19.5. The lowest BCUT2D eigenvalue weighted by molar-refractivity contribution is -0.118. The fourth-order valence-corrected chi connectivity index (χ4v) is 6.62. The summed E-state index contributed by atoms with van der Waals surface area (Å²) in [4.78, 5) is 13.6. The van der Waals surface area contributed by atoms with Crippen LogP contribution in [-0.4, -0.2) is 22.0 Å². The lowest BCUT2D eigenvalue weighted by Crippen LogP contribution is -2.37. The average molecular weight is 486 g/mol. The first-order chi connectivity index (χ1) is 17.0. The molecule has 5 heteroatoms. The summed E-state index contributed by atoms with van der Waals surface area (Å²) >= 11 is 6.03. The van der Waals surface area contributed by atoms with Crippen LogP contribution >= 0.6 is 11.6 Å².